The molecular formula is C73H134O6. The molecule has 1 atom stereocenters. The summed E-state index contributed by atoms with van der Waals surface area (Å²) in [6, 6.07) is 0. The van der Waals surface area contributed by atoms with E-state index in [-0.39, 0.29) is 31.1 Å². The number of unbranched alkanes of at least 4 members (excludes halogenated alkanes) is 46. The van der Waals surface area contributed by atoms with Gasteiger partial charge in [0.15, 0.2) is 6.10 Å². The number of esters is 3. The monoisotopic (exact) mass is 1110 g/mol. The lowest BCUT2D eigenvalue weighted by atomic mass is 10.0. The van der Waals surface area contributed by atoms with E-state index in [9.17, 15) is 14.4 Å². The van der Waals surface area contributed by atoms with E-state index in [0.717, 1.165) is 77.0 Å². The molecule has 0 aliphatic carbocycles. The second-order valence-electron chi connectivity index (χ2n) is 23.8. The number of carbonyl (C=O) groups is 3. The Morgan fingerprint density at radius 1 is 0.253 bits per heavy atom. The van der Waals surface area contributed by atoms with Crippen LogP contribution < -0.4 is 0 Å². The summed E-state index contributed by atoms with van der Waals surface area (Å²) in [7, 11) is 0. The van der Waals surface area contributed by atoms with Crippen LogP contribution >= 0.6 is 0 Å². The minimum atomic E-state index is -0.776. The molecule has 0 saturated carbocycles. The third-order valence-corrected chi connectivity index (χ3v) is 15.8. The highest BCUT2D eigenvalue weighted by atomic mass is 16.6. The van der Waals surface area contributed by atoms with Crippen molar-refractivity contribution < 1.29 is 28.6 Å². The van der Waals surface area contributed by atoms with Gasteiger partial charge >= 0.3 is 17.9 Å². The van der Waals surface area contributed by atoms with Crippen molar-refractivity contribution in [3.05, 3.63) is 48.6 Å². The molecule has 0 aromatic heterocycles. The molecule has 1 unspecified atom stereocenters. The number of hydrogen-bond donors (Lipinski definition) is 0. The summed E-state index contributed by atoms with van der Waals surface area (Å²) in [6.45, 7) is 6.61. The van der Waals surface area contributed by atoms with Gasteiger partial charge in [-0.25, -0.2) is 0 Å². The molecular weight excluding hydrogens is 973 g/mol. The number of ether oxygens (including phenoxy) is 3. The Morgan fingerprint density at radius 3 is 0.747 bits per heavy atom. The van der Waals surface area contributed by atoms with Crippen molar-refractivity contribution in [3.63, 3.8) is 0 Å². The zero-order valence-corrected chi connectivity index (χ0v) is 53.2. The molecule has 0 heterocycles. The lowest BCUT2D eigenvalue weighted by Gasteiger charge is -2.18. The number of allylic oxidation sites excluding steroid dienone is 8. The van der Waals surface area contributed by atoms with Crippen LogP contribution in [0, 0.1) is 0 Å². The van der Waals surface area contributed by atoms with Gasteiger partial charge in [-0.1, -0.05) is 326 Å². The first-order valence-electron chi connectivity index (χ1n) is 35.1. The summed E-state index contributed by atoms with van der Waals surface area (Å²) in [5.74, 6) is -0.874. The normalized spacial score (nSPS) is 12.3. The van der Waals surface area contributed by atoms with Crippen LogP contribution in [0.5, 0.6) is 0 Å². The van der Waals surface area contributed by atoms with E-state index in [0.29, 0.717) is 19.3 Å². The fraction of sp³-hybridized carbons (Fsp3) is 0.849. The summed E-state index contributed by atoms with van der Waals surface area (Å²) in [6.07, 6.45) is 86.1. The van der Waals surface area contributed by atoms with Crippen LogP contribution in [-0.2, 0) is 28.6 Å². The van der Waals surface area contributed by atoms with Crippen molar-refractivity contribution in [1.29, 1.82) is 0 Å². The van der Waals surface area contributed by atoms with Crippen LogP contribution in [0.15, 0.2) is 48.6 Å². The maximum atomic E-state index is 12.9. The van der Waals surface area contributed by atoms with Gasteiger partial charge in [0.1, 0.15) is 13.2 Å². The number of carbonyl (C=O) groups excluding carboxylic acids is 3. The zero-order valence-electron chi connectivity index (χ0n) is 53.2. The maximum Gasteiger partial charge on any atom is 0.306 e. The average molecular weight is 1110 g/mol. The molecule has 0 fully saturated rings. The van der Waals surface area contributed by atoms with Gasteiger partial charge in [0.05, 0.1) is 0 Å². The molecule has 0 radical (unpaired) electrons. The SMILES string of the molecule is CCCCC/C=C\C/C=C\C/C=C\CCCCCCCCC(=O)OC(COC(=O)CCCCCCCCC)COC(=O)CCCCCCCCCCCCCCCCCCCCCCCCC/C=C\CCCCCCCCCC. The molecule has 0 amide bonds. The fourth-order valence-corrected chi connectivity index (χ4v) is 10.5. The van der Waals surface area contributed by atoms with E-state index in [1.165, 1.54) is 263 Å². The Kier molecular flexibility index (Phi) is 65.6. The van der Waals surface area contributed by atoms with Crippen molar-refractivity contribution in [2.75, 3.05) is 13.2 Å². The third kappa shape index (κ3) is 66.1. The predicted octanol–water partition coefficient (Wildman–Crippen LogP) is 24.1. The van der Waals surface area contributed by atoms with Crippen LogP contribution in [0.1, 0.15) is 380 Å². The Morgan fingerprint density at radius 2 is 0.456 bits per heavy atom. The van der Waals surface area contributed by atoms with Gasteiger partial charge in [0.2, 0.25) is 0 Å². The minimum absolute atomic E-state index is 0.0743. The molecule has 0 aromatic rings. The van der Waals surface area contributed by atoms with Crippen LogP contribution in [0.3, 0.4) is 0 Å². The molecule has 0 aliphatic rings. The van der Waals surface area contributed by atoms with Gasteiger partial charge in [0, 0.05) is 19.3 Å². The summed E-state index contributed by atoms with van der Waals surface area (Å²) in [5.41, 5.74) is 0. The van der Waals surface area contributed by atoms with E-state index >= 15 is 0 Å². The van der Waals surface area contributed by atoms with Crippen molar-refractivity contribution in [2.45, 2.75) is 386 Å². The van der Waals surface area contributed by atoms with Crippen molar-refractivity contribution in [2.24, 2.45) is 0 Å². The molecule has 0 bridgehead atoms. The summed E-state index contributed by atoms with van der Waals surface area (Å²) in [4.78, 5) is 38.1. The second-order valence-corrected chi connectivity index (χ2v) is 23.8. The minimum Gasteiger partial charge on any atom is -0.462 e. The van der Waals surface area contributed by atoms with Crippen LogP contribution in [0.25, 0.3) is 0 Å². The van der Waals surface area contributed by atoms with Gasteiger partial charge in [-0.15, -0.1) is 0 Å². The first-order chi connectivity index (χ1) is 39.0. The highest BCUT2D eigenvalue weighted by Crippen LogP contribution is 2.18. The van der Waals surface area contributed by atoms with Gasteiger partial charge in [-0.2, -0.15) is 0 Å². The molecule has 0 aliphatic heterocycles. The fourth-order valence-electron chi connectivity index (χ4n) is 10.5. The van der Waals surface area contributed by atoms with E-state index < -0.39 is 6.10 Å². The second kappa shape index (κ2) is 67.9. The Balaban J connectivity index is 3.96. The summed E-state index contributed by atoms with van der Waals surface area (Å²) in [5, 5.41) is 0. The van der Waals surface area contributed by atoms with E-state index in [1.54, 1.807) is 0 Å². The van der Waals surface area contributed by atoms with Gasteiger partial charge in [-0.3, -0.25) is 14.4 Å². The predicted molar refractivity (Wildman–Crippen MR) is 344 cm³/mol. The largest absolute Gasteiger partial charge is 0.462 e. The molecule has 79 heavy (non-hydrogen) atoms. The van der Waals surface area contributed by atoms with Crippen molar-refractivity contribution in [3.8, 4) is 0 Å². The highest BCUT2D eigenvalue weighted by Gasteiger charge is 2.19. The third-order valence-electron chi connectivity index (χ3n) is 15.8. The van der Waals surface area contributed by atoms with E-state index in [4.69, 9.17) is 14.2 Å². The lowest BCUT2D eigenvalue weighted by molar-refractivity contribution is -0.167. The molecule has 6 nitrogen and oxygen atoms in total. The molecule has 0 rings (SSSR count). The van der Waals surface area contributed by atoms with Crippen molar-refractivity contribution >= 4 is 17.9 Å². The van der Waals surface area contributed by atoms with E-state index in [1.807, 2.05) is 0 Å². The first kappa shape index (κ1) is 76.4. The highest BCUT2D eigenvalue weighted by molar-refractivity contribution is 5.71. The average Bonchev–Trinajstić information content (AvgIpc) is 3.45. The quantitative estimate of drug-likeness (QED) is 0.0261. The topological polar surface area (TPSA) is 78.9 Å². The molecule has 0 aromatic carbocycles. The van der Waals surface area contributed by atoms with Crippen molar-refractivity contribution in [1.82, 2.24) is 0 Å². The zero-order chi connectivity index (χ0) is 57.1. The van der Waals surface area contributed by atoms with Crippen LogP contribution in [-0.4, -0.2) is 37.2 Å². The smallest absolute Gasteiger partial charge is 0.306 e. The Labute approximate surface area is 492 Å². The van der Waals surface area contributed by atoms with E-state index in [2.05, 4.69) is 69.4 Å². The molecule has 0 spiro atoms. The number of rotatable bonds is 65. The van der Waals surface area contributed by atoms with Crippen LogP contribution in [0.2, 0.25) is 0 Å². The standard InChI is InChI=1S/C73H134O6/c1-4-7-10-13-16-18-20-22-24-26-28-29-30-31-32-33-34-35-36-37-38-39-40-41-42-43-45-46-48-50-52-54-57-60-63-66-72(75)78-69-70(68-77-71(74)65-62-59-56-15-12-9-6-3)79-73(76)67-64-61-58-55-53-51-49-47-44-27-25-23-21-19-17-14-11-8-5-2/h17,19,23,25-26,28,44,47,70H,4-16,18,20-22,24,27,29-43,45-46,48-69H2,1-3H3/b19-17-,25-23-,28-26-,47-44-. The molecule has 0 saturated heterocycles. The summed E-state index contributed by atoms with van der Waals surface area (Å²) >= 11 is 0. The van der Waals surface area contributed by atoms with Gasteiger partial charge < -0.3 is 14.2 Å². The maximum absolute atomic E-state index is 12.9. The first-order valence-corrected chi connectivity index (χ1v) is 35.1. The molecule has 462 valence electrons. The Bertz CT molecular complexity index is 1360. The van der Waals surface area contributed by atoms with Gasteiger partial charge in [-0.05, 0) is 83.5 Å². The Hall–Kier alpha value is -2.63. The van der Waals surface area contributed by atoms with Gasteiger partial charge in [0.25, 0.3) is 0 Å². The molecule has 0 N–H and O–H groups in total. The lowest BCUT2D eigenvalue weighted by Crippen LogP contribution is -2.30. The molecule has 6 heteroatoms. The summed E-state index contributed by atoms with van der Waals surface area (Å²) < 4.78 is 16.9. The van der Waals surface area contributed by atoms with Crippen LogP contribution in [0.4, 0.5) is 0 Å². The number of hydrogen-bond acceptors (Lipinski definition) is 6.